The minimum atomic E-state index is -0.120. The molecule has 2 aromatic heterocycles. The topological polar surface area (TPSA) is 45.8 Å². The highest BCUT2D eigenvalue weighted by Crippen LogP contribution is 2.44. The van der Waals surface area contributed by atoms with Crippen molar-refractivity contribution < 1.29 is 4.79 Å². The summed E-state index contributed by atoms with van der Waals surface area (Å²) in [6.07, 6.45) is 8.96. The smallest absolute Gasteiger partial charge is 0.171 e. The van der Waals surface area contributed by atoms with E-state index >= 15 is 0 Å². The van der Waals surface area contributed by atoms with Crippen molar-refractivity contribution >= 4 is 16.8 Å². The molecule has 3 rings (SSSR count). The summed E-state index contributed by atoms with van der Waals surface area (Å²) >= 11 is 0. The number of ketones is 1. The normalized spacial score (nSPS) is 18.3. The highest BCUT2D eigenvalue weighted by atomic mass is 16.1. The molecule has 3 heteroatoms. The first-order valence-corrected chi connectivity index (χ1v) is 6.74. The number of aromatic nitrogens is 2. The highest BCUT2D eigenvalue weighted by Gasteiger charge is 2.40. The standard InChI is InChI=1S/C15H18N2O/c1-2-15(7-3-4-8-15)13(18)12-10-17-14-11(12)6-5-9-16-14/h5-6,9-10H,2-4,7-8H2,1H3,(H,16,17). The van der Waals surface area contributed by atoms with Gasteiger partial charge in [0.25, 0.3) is 0 Å². The number of nitrogens with one attached hydrogen (secondary N) is 1. The third-order valence-electron chi connectivity index (χ3n) is 4.41. The molecule has 2 aromatic rings. The number of rotatable bonds is 3. The number of hydrogen-bond donors (Lipinski definition) is 1. The van der Waals surface area contributed by atoms with Crippen LogP contribution in [0.4, 0.5) is 0 Å². The van der Waals surface area contributed by atoms with Crippen molar-refractivity contribution in [3.05, 3.63) is 30.1 Å². The molecule has 1 N–H and O–H groups in total. The quantitative estimate of drug-likeness (QED) is 0.834. The monoisotopic (exact) mass is 242 g/mol. The first-order chi connectivity index (χ1) is 8.77. The number of nitrogens with zero attached hydrogens (tertiary/aromatic N) is 1. The molecular formula is C15H18N2O. The number of carbonyl (C=O) groups excluding carboxylic acids is 1. The third-order valence-corrected chi connectivity index (χ3v) is 4.41. The second kappa shape index (κ2) is 4.23. The average molecular weight is 242 g/mol. The van der Waals surface area contributed by atoms with Crippen molar-refractivity contribution in [2.24, 2.45) is 5.41 Å². The molecule has 1 aliphatic rings. The molecule has 18 heavy (non-hydrogen) atoms. The lowest BCUT2D eigenvalue weighted by molar-refractivity contribution is 0.0793. The predicted octanol–water partition coefficient (Wildman–Crippen LogP) is 3.72. The van der Waals surface area contributed by atoms with Crippen LogP contribution in [0.5, 0.6) is 0 Å². The molecule has 0 atom stereocenters. The number of Topliss-reactive ketones (excluding diaryl/α,β-unsaturated/α-hetero) is 1. The number of H-pyrrole nitrogens is 1. The Morgan fingerprint density at radius 1 is 1.44 bits per heavy atom. The highest BCUT2D eigenvalue weighted by molar-refractivity contribution is 6.09. The summed E-state index contributed by atoms with van der Waals surface area (Å²) in [6, 6.07) is 3.87. The zero-order valence-electron chi connectivity index (χ0n) is 10.7. The summed E-state index contributed by atoms with van der Waals surface area (Å²) in [5.74, 6) is 0.307. The van der Waals surface area contributed by atoms with Crippen molar-refractivity contribution in [2.75, 3.05) is 0 Å². The van der Waals surface area contributed by atoms with Crippen molar-refractivity contribution in [1.82, 2.24) is 9.97 Å². The number of fused-ring (bicyclic) bond motifs is 1. The van der Waals surface area contributed by atoms with Gasteiger partial charge in [0.05, 0.1) is 0 Å². The molecular weight excluding hydrogens is 224 g/mol. The summed E-state index contributed by atoms with van der Waals surface area (Å²) in [4.78, 5) is 20.2. The Kier molecular flexibility index (Phi) is 2.69. The average Bonchev–Trinajstić information content (AvgIpc) is 3.05. The summed E-state index contributed by atoms with van der Waals surface area (Å²) in [6.45, 7) is 2.14. The molecule has 2 heterocycles. The molecule has 1 saturated carbocycles. The van der Waals surface area contributed by atoms with E-state index in [1.54, 1.807) is 6.20 Å². The largest absolute Gasteiger partial charge is 0.345 e. The first-order valence-electron chi connectivity index (χ1n) is 6.74. The van der Waals surface area contributed by atoms with Gasteiger partial charge in [0.15, 0.2) is 5.78 Å². The number of hydrogen-bond acceptors (Lipinski definition) is 2. The van der Waals surface area contributed by atoms with Crippen molar-refractivity contribution in [3.63, 3.8) is 0 Å². The first kappa shape index (κ1) is 11.5. The Morgan fingerprint density at radius 2 is 2.22 bits per heavy atom. The van der Waals surface area contributed by atoms with Crippen molar-refractivity contribution in [3.8, 4) is 0 Å². The fourth-order valence-corrected chi connectivity index (χ4v) is 3.22. The maximum atomic E-state index is 12.8. The van der Waals surface area contributed by atoms with Crippen LogP contribution in [0.15, 0.2) is 24.5 Å². The second-order valence-corrected chi connectivity index (χ2v) is 5.27. The fraction of sp³-hybridized carbons (Fsp3) is 0.467. The van der Waals surface area contributed by atoms with E-state index in [0.29, 0.717) is 5.78 Å². The molecule has 0 aliphatic heterocycles. The van der Waals surface area contributed by atoms with Gasteiger partial charge in [-0.3, -0.25) is 4.79 Å². The van der Waals surface area contributed by atoms with E-state index in [1.165, 1.54) is 12.8 Å². The third kappa shape index (κ3) is 1.57. The minimum Gasteiger partial charge on any atom is -0.345 e. The van der Waals surface area contributed by atoms with E-state index in [2.05, 4.69) is 16.9 Å². The molecule has 0 bridgehead atoms. The fourth-order valence-electron chi connectivity index (χ4n) is 3.22. The summed E-state index contributed by atoms with van der Waals surface area (Å²) in [7, 11) is 0. The molecule has 3 nitrogen and oxygen atoms in total. The van der Waals surface area contributed by atoms with Crippen LogP contribution in [0.1, 0.15) is 49.4 Å². The zero-order chi connectivity index (χ0) is 12.6. The van der Waals surface area contributed by atoms with Crippen LogP contribution in [-0.2, 0) is 0 Å². The Balaban J connectivity index is 2.06. The Morgan fingerprint density at radius 3 is 2.94 bits per heavy atom. The van der Waals surface area contributed by atoms with E-state index in [9.17, 15) is 4.79 Å². The van der Waals surface area contributed by atoms with Gasteiger partial charge >= 0.3 is 0 Å². The van der Waals surface area contributed by atoms with Gasteiger partial charge in [-0.25, -0.2) is 4.98 Å². The van der Waals surface area contributed by atoms with Crippen LogP contribution in [0, 0.1) is 5.41 Å². The van der Waals surface area contributed by atoms with E-state index < -0.39 is 0 Å². The van der Waals surface area contributed by atoms with E-state index in [1.807, 2.05) is 18.3 Å². The Hall–Kier alpha value is -1.64. The van der Waals surface area contributed by atoms with Gasteiger partial charge in [0, 0.05) is 28.8 Å². The van der Waals surface area contributed by atoms with Crippen LogP contribution in [-0.4, -0.2) is 15.8 Å². The Bertz CT molecular complexity index is 579. The molecule has 1 fully saturated rings. The number of pyridine rings is 1. The summed E-state index contributed by atoms with van der Waals surface area (Å²) in [5.41, 5.74) is 1.51. The van der Waals surface area contributed by atoms with Crippen LogP contribution in [0.2, 0.25) is 0 Å². The van der Waals surface area contributed by atoms with E-state index in [-0.39, 0.29) is 5.41 Å². The number of carbonyl (C=O) groups is 1. The maximum absolute atomic E-state index is 12.8. The summed E-state index contributed by atoms with van der Waals surface area (Å²) in [5, 5.41) is 0.960. The number of aromatic amines is 1. The van der Waals surface area contributed by atoms with Gasteiger partial charge < -0.3 is 4.98 Å². The molecule has 0 amide bonds. The van der Waals surface area contributed by atoms with Crippen molar-refractivity contribution in [2.45, 2.75) is 39.0 Å². The molecule has 0 unspecified atom stereocenters. The van der Waals surface area contributed by atoms with E-state index in [0.717, 1.165) is 35.9 Å². The lowest BCUT2D eigenvalue weighted by Crippen LogP contribution is -2.27. The van der Waals surface area contributed by atoms with E-state index in [4.69, 9.17) is 0 Å². The summed E-state index contributed by atoms with van der Waals surface area (Å²) < 4.78 is 0. The molecule has 0 radical (unpaired) electrons. The minimum absolute atomic E-state index is 0.120. The lowest BCUT2D eigenvalue weighted by atomic mass is 9.76. The van der Waals surface area contributed by atoms with Crippen molar-refractivity contribution in [1.29, 1.82) is 0 Å². The van der Waals surface area contributed by atoms with Crippen LogP contribution in [0.3, 0.4) is 0 Å². The van der Waals surface area contributed by atoms with Gasteiger partial charge in [-0.2, -0.15) is 0 Å². The molecule has 94 valence electrons. The maximum Gasteiger partial charge on any atom is 0.171 e. The molecule has 1 aliphatic carbocycles. The van der Waals surface area contributed by atoms with Gasteiger partial charge in [-0.05, 0) is 31.4 Å². The van der Waals surface area contributed by atoms with Gasteiger partial charge in [0.2, 0.25) is 0 Å². The molecule has 0 aromatic carbocycles. The van der Waals surface area contributed by atoms with Gasteiger partial charge in [0.1, 0.15) is 5.65 Å². The predicted molar refractivity (Wildman–Crippen MR) is 71.6 cm³/mol. The van der Waals surface area contributed by atoms with Crippen LogP contribution < -0.4 is 0 Å². The molecule has 0 saturated heterocycles. The van der Waals surface area contributed by atoms with Gasteiger partial charge in [-0.15, -0.1) is 0 Å². The molecule has 0 spiro atoms. The van der Waals surface area contributed by atoms with Crippen LogP contribution >= 0.6 is 0 Å². The van der Waals surface area contributed by atoms with Gasteiger partial charge in [-0.1, -0.05) is 19.8 Å². The second-order valence-electron chi connectivity index (χ2n) is 5.27. The lowest BCUT2D eigenvalue weighted by Gasteiger charge is -2.25. The SMILES string of the molecule is CCC1(C(=O)c2c[nH]c3ncccc23)CCCC1. The zero-order valence-corrected chi connectivity index (χ0v) is 10.7. The van der Waals surface area contributed by atoms with Crippen LogP contribution in [0.25, 0.3) is 11.0 Å². The Labute approximate surface area is 107 Å².